The maximum Gasteiger partial charge on any atom is 0.239 e. The number of nitrogens with two attached hydrogens (primary N) is 1. The summed E-state index contributed by atoms with van der Waals surface area (Å²) in [5, 5.41) is 6.11. The summed E-state index contributed by atoms with van der Waals surface area (Å²) in [7, 11) is 0. The number of unbranched alkanes of at least 4 members (excludes halogenated alkanes) is 2. The average Bonchev–Trinajstić information content (AvgIpc) is 2.20. The standard InChI is InChI=1S/C13H27N3O2/c1-10(2)16-13(3,4)12(18)15-9-7-5-6-8-11(14)17/h10,16H,5-9H2,1-4H3,(H2,14,17)(H,15,18). The Labute approximate surface area is 110 Å². The van der Waals surface area contributed by atoms with E-state index in [1.54, 1.807) is 0 Å². The van der Waals surface area contributed by atoms with Crippen LogP contribution in [0.4, 0.5) is 0 Å². The molecule has 0 saturated heterocycles. The molecule has 0 aliphatic rings. The van der Waals surface area contributed by atoms with Crippen LogP contribution < -0.4 is 16.4 Å². The highest BCUT2D eigenvalue weighted by atomic mass is 16.2. The van der Waals surface area contributed by atoms with Crippen molar-refractivity contribution < 1.29 is 9.59 Å². The quantitative estimate of drug-likeness (QED) is 0.537. The Balaban J connectivity index is 3.73. The molecule has 0 heterocycles. The fourth-order valence-corrected chi connectivity index (χ4v) is 1.81. The second kappa shape index (κ2) is 8.08. The lowest BCUT2D eigenvalue weighted by molar-refractivity contribution is -0.126. The molecule has 0 fully saturated rings. The Morgan fingerprint density at radius 3 is 2.28 bits per heavy atom. The predicted octanol–water partition coefficient (Wildman–Crippen LogP) is 0.925. The molecule has 0 bridgehead atoms. The van der Waals surface area contributed by atoms with Crippen molar-refractivity contribution in [1.29, 1.82) is 0 Å². The van der Waals surface area contributed by atoms with E-state index in [2.05, 4.69) is 10.6 Å². The van der Waals surface area contributed by atoms with Gasteiger partial charge in [0, 0.05) is 19.0 Å². The van der Waals surface area contributed by atoms with Gasteiger partial charge >= 0.3 is 0 Å². The molecule has 4 N–H and O–H groups in total. The molecule has 0 aromatic rings. The molecule has 5 heteroatoms. The molecule has 0 atom stereocenters. The molecule has 5 nitrogen and oxygen atoms in total. The zero-order chi connectivity index (χ0) is 14.2. The minimum Gasteiger partial charge on any atom is -0.370 e. The van der Waals surface area contributed by atoms with Crippen molar-refractivity contribution in [2.75, 3.05) is 6.54 Å². The number of rotatable bonds is 9. The highest BCUT2D eigenvalue weighted by Gasteiger charge is 2.27. The van der Waals surface area contributed by atoms with Gasteiger partial charge in [0.25, 0.3) is 0 Å². The molecule has 0 aliphatic carbocycles. The van der Waals surface area contributed by atoms with E-state index in [1.165, 1.54) is 0 Å². The maximum atomic E-state index is 11.9. The first-order chi connectivity index (χ1) is 8.25. The smallest absolute Gasteiger partial charge is 0.239 e. The Kier molecular flexibility index (Phi) is 7.59. The number of hydrogen-bond acceptors (Lipinski definition) is 3. The minimum absolute atomic E-state index is 0.00565. The lowest BCUT2D eigenvalue weighted by Gasteiger charge is -2.27. The molecule has 0 rings (SSSR count). The SMILES string of the molecule is CC(C)NC(C)(C)C(=O)NCCCCCC(N)=O. The summed E-state index contributed by atoms with van der Waals surface area (Å²) in [5.41, 5.74) is 4.49. The number of nitrogens with one attached hydrogen (secondary N) is 2. The zero-order valence-electron chi connectivity index (χ0n) is 12.0. The Morgan fingerprint density at radius 1 is 1.17 bits per heavy atom. The summed E-state index contributed by atoms with van der Waals surface area (Å²) in [6.07, 6.45) is 2.99. The van der Waals surface area contributed by atoms with Gasteiger partial charge in [0.2, 0.25) is 11.8 Å². The lowest BCUT2D eigenvalue weighted by Crippen LogP contribution is -2.54. The summed E-state index contributed by atoms with van der Waals surface area (Å²) in [6, 6.07) is 0.265. The first-order valence-electron chi connectivity index (χ1n) is 6.60. The van der Waals surface area contributed by atoms with E-state index in [-0.39, 0.29) is 17.9 Å². The third-order valence-corrected chi connectivity index (χ3v) is 2.60. The first-order valence-corrected chi connectivity index (χ1v) is 6.60. The molecule has 0 saturated carbocycles. The van der Waals surface area contributed by atoms with Crippen LogP contribution in [0.5, 0.6) is 0 Å². The largest absolute Gasteiger partial charge is 0.370 e. The van der Waals surface area contributed by atoms with Crippen molar-refractivity contribution in [2.45, 2.75) is 65.0 Å². The third kappa shape index (κ3) is 8.06. The van der Waals surface area contributed by atoms with Crippen molar-refractivity contribution in [3.8, 4) is 0 Å². The van der Waals surface area contributed by atoms with Gasteiger partial charge in [-0.3, -0.25) is 9.59 Å². The highest BCUT2D eigenvalue weighted by Crippen LogP contribution is 2.04. The lowest BCUT2D eigenvalue weighted by atomic mass is 10.0. The van der Waals surface area contributed by atoms with Crippen LogP contribution in [0.25, 0.3) is 0 Å². The van der Waals surface area contributed by atoms with Crippen molar-refractivity contribution in [3.05, 3.63) is 0 Å². The van der Waals surface area contributed by atoms with Crippen LogP contribution in [0.2, 0.25) is 0 Å². The molecule has 0 aromatic carbocycles. The van der Waals surface area contributed by atoms with E-state index in [9.17, 15) is 9.59 Å². The number of carbonyl (C=O) groups excluding carboxylic acids is 2. The normalized spacial score (nSPS) is 11.6. The summed E-state index contributed by atoms with van der Waals surface area (Å²) < 4.78 is 0. The summed E-state index contributed by atoms with van der Waals surface area (Å²) >= 11 is 0. The van der Waals surface area contributed by atoms with Gasteiger partial charge in [0.1, 0.15) is 0 Å². The van der Waals surface area contributed by atoms with E-state index in [0.717, 1.165) is 19.3 Å². The molecule has 0 radical (unpaired) electrons. The summed E-state index contributed by atoms with van der Waals surface area (Å²) in [5.74, 6) is -0.257. The van der Waals surface area contributed by atoms with Gasteiger partial charge in [-0.1, -0.05) is 6.42 Å². The van der Waals surface area contributed by atoms with Crippen LogP contribution in [0.1, 0.15) is 53.4 Å². The van der Waals surface area contributed by atoms with Gasteiger partial charge in [-0.15, -0.1) is 0 Å². The Morgan fingerprint density at radius 2 is 1.78 bits per heavy atom. The Bertz CT molecular complexity index is 275. The second-order valence-corrected chi connectivity index (χ2v) is 5.46. The number of carbonyl (C=O) groups is 2. The molecule has 18 heavy (non-hydrogen) atoms. The zero-order valence-corrected chi connectivity index (χ0v) is 12.0. The van der Waals surface area contributed by atoms with Crippen LogP contribution in [-0.2, 0) is 9.59 Å². The van der Waals surface area contributed by atoms with Crippen LogP contribution in [-0.4, -0.2) is 29.9 Å². The third-order valence-electron chi connectivity index (χ3n) is 2.60. The van der Waals surface area contributed by atoms with Gasteiger partial charge in [0.15, 0.2) is 0 Å². The monoisotopic (exact) mass is 257 g/mol. The number of hydrogen-bond donors (Lipinski definition) is 3. The predicted molar refractivity (Wildman–Crippen MR) is 73.0 cm³/mol. The maximum absolute atomic E-state index is 11.9. The second-order valence-electron chi connectivity index (χ2n) is 5.46. The Hall–Kier alpha value is -1.10. The minimum atomic E-state index is -0.554. The molecule has 2 amide bonds. The van der Waals surface area contributed by atoms with Crippen LogP contribution >= 0.6 is 0 Å². The fourth-order valence-electron chi connectivity index (χ4n) is 1.81. The van der Waals surface area contributed by atoms with Crippen molar-refractivity contribution in [3.63, 3.8) is 0 Å². The van der Waals surface area contributed by atoms with Crippen molar-refractivity contribution >= 4 is 11.8 Å². The molecule has 0 unspecified atom stereocenters. The first kappa shape index (κ1) is 16.9. The van der Waals surface area contributed by atoms with Crippen LogP contribution in [0.15, 0.2) is 0 Å². The van der Waals surface area contributed by atoms with Crippen molar-refractivity contribution in [2.24, 2.45) is 5.73 Å². The van der Waals surface area contributed by atoms with Crippen molar-refractivity contribution in [1.82, 2.24) is 10.6 Å². The summed E-state index contributed by atoms with van der Waals surface area (Å²) in [6.45, 7) is 8.41. The molecular weight excluding hydrogens is 230 g/mol. The van der Waals surface area contributed by atoms with Gasteiger partial charge < -0.3 is 16.4 Å². The molecule has 0 spiro atoms. The van der Waals surface area contributed by atoms with E-state index in [0.29, 0.717) is 13.0 Å². The van der Waals surface area contributed by atoms with E-state index in [1.807, 2.05) is 27.7 Å². The molecule has 0 aliphatic heterocycles. The summed E-state index contributed by atoms with van der Waals surface area (Å²) in [4.78, 5) is 22.4. The highest BCUT2D eigenvalue weighted by molar-refractivity contribution is 5.85. The van der Waals surface area contributed by atoms with E-state index >= 15 is 0 Å². The molecular formula is C13H27N3O2. The van der Waals surface area contributed by atoms with Gasteiger partial charge in [0.05, 0.1) is 5.54 Å². The van der Waals surface area contributed by atoms with Gasteiger partial charge in [-0.2, -0.15) is 0 Å². The van der Waals surface area contributed by atoms with Gasteiger partial charge in [-0.25, -0.2) is 0 Å². The van der Waals surface area contributed by atoms with Gasteiger partial charge in [-0.05, 0) is 40.5 Å². The topological polar surface area (TPSA) is 84.2 Å². The van der Waals surface area contributed by atoms with E-state index < -0.39 is 5.54 Å². The number of primary amides is 1. The molecule has 0 aromatic heterocycles. The van der Waals surface area contributed by atoms with E-state index in [4.69, 9.17) is 5.73 Å². The van der Waals surface area contributed by atoms with Crippen LogP contribution in [0.3, 0.4) is 0 Å². The average molecular weight is 257 g/mol. The number of amides is 2. The van der Waals surface area contributed by atoms with Crippen LogP contribution in [0, 0.1) is 0 Å². The fraction of sp³-hybridized carbons (Fsp3) is 0.846. The molecule has 106 valence electrons.